The molecular weight excluding hydrogens is 240 g/mol. The van der Waals surface area contributed by atoms with Crippen molar-refractivity contribution < 1.29 is 10.1 Å². The molecule has 88 valence electrons. The molecule has 0 amide bonds. The highest BCUT2D eigenvalue weighted by atomic mass is 16.7. The van der Waals surface area contributed by atoms with Gasteiger partial charge in [0.25, 0.3) is 5.78 Å². The summed E-state index contributed by atoms with van der Waals surface area (Å²) in [6, 6.07) is 0. The summed E-state index contributed by atoms with van der Waals surface area (Å²) in [5.41, 5.74) is 3.32. The number of fused-ring (bicyclic) bond motifs is 1. The number of nitrogens with zero attached hydrogens (tertiary/aromatic N) is 8. The highest BCUT2D eigenvalue weighted by Gasteiger charge is 2.14. The number of aromatic nitrogens is 6. The molecule has 0 aromatic carbocycles. The normalized spacial score (nSPS) is 10.1. The second-order valence-electron chi connectivity index (χ2n) is 2.50. The molecule has 2 aromatic rings. The van der Waals surface area contributed by atoms with Crippen LogP contribution in [0.2, 0.25) is 0 Å². The molecule has 0 atom stereocenters. The Labute approximate surface area is 89.9 Å². The van der Waals surface area contributed by atoms with Gasteiger partial charge in [0, 0.05) is 0 Å². The number of nitro groups is 2. The first-order valence-electron chi connectivity index (χ1n) is 3.84. The van der Waals surface area contributed by atoms with E-state index in [1.165, 1.54) is 0 Å². The second kappa shape index (κ2) is 3.76. The van der Waals surface area contributed by atoms with Crippen molar-refractivity contribution in [1.82, 2.24) is 30.0 Å². The minimum atomic E-state index is -0.909. The first kappa shape index (κ1) is 10.3. The van der Waals surface area contributed by atoms with Gasteiger partial charge >= 0.3 is 11.9 Å². The molecule has 0 unspecified atom stereocenters. The Morgan fingerprint density at radius 1 is 1.00 bits per heavy atom. The van der Waals surface area contributed by atoms with Crippen molar-refractivity contribution in [3.05, 3.63) is 20.2 Å². The van der Waals surface area contributed by atoms with Crippen molar-refractivity contribution >= 4 is 17.7 Å². The lowest BCUT2D eigenvalue weighted by Crippen LogP contribution is -2.16. The van der Waals surface area contributed by atoms with Crippen LogP contribution in [0, 0.1) is 20.2 Å². The third kappa shape index (κ3) is 2.08. The molecule has 0 aliphatic heterocycles. The predicted octanol–water partition coefficient (Wildman–Crippen LogP) is -1.88. The zero-order chi connectivity index (χ0) is 12.4. The monoisotopic (exact) mass is 242 g/mol. The van der Waals surface area contributed by atoms with Crippen molar-refractivity contribution in [1.29, 1.82) is 0 Å². The summed E-state index contributed by atoms with van der Waals surface area (Å²) in [6.45, 7) is 0. The Kier molecular flexibility index (Phi) is 2.28. The van der Waals surface area contributed by atoms with Gasteiger partial charge < -0.3 is 0 Å². The Bertz CT molecular complexity index is 590. The summed E-state index contributed by atoms with van der Waals surface area (Å²) in [4.78, 5) is 20.3. The van der Waals surface area contributed by atoms with E-state index >= 15 is 0 Å². The molecule has 0 aliphatic rings. The van der Waals surface area contributed by atoms with E-state index in [1.54, 1.807) is 10.9 Å². The van der Waals surface area contributed by atoms with Crippen LogP contribution in [0.3, 0.4) is 0 Å². The molecule has 0 aliphatic carbocycles. The highest BCUT2D eigenvalue weighted by Crippen LogP contribution is 2.04. The summed E-state index contributed by atoms with van der Waals surface area (Å²) >= 11 is 0. The predicted molar refractivity (Wildman–Crippen MR) is 47.6 cm³/mol. The summed E-state index contributed by atoms with van der Waals surface area (Å²) in [7, 11) is 0. The number of nitrogens with one attached hydrogen (secondary N) is 2. The van der Waals surface area contributed by atoms with Gasteiger partial charge in [0.05, 0.1) is 0 Å². The van der Waals surface area contributed by atoms with Gasteiger partial charge in [-0.25, -0.2) is 20.2 Å². The molecule has 0 radical (unpaired) electrons. The molecule has 2 rings (SSSR count). The van der Waals surface area contributed by atoms with Crippen LogP contribution in [0.1, 0.15) is 0 Å². The van der Waals surface area contributed by atoms with Crippen molar-refractivity contribution in [2.75, 3.05) is 10.9 Å². The number of hydrogen-bond acceptors (Lipinski definition) is 9. The van der Waals surface area contributed by atoms with Crippen LogP contribution in [0.4, 0.5) is 11.9 Å². The van der Waals surface area contributed by atoms with E-state index < -0.39 is 16.0 Å². The average Bonchev–Trinajstić information content (AvgIpc) is 2.59. The maximum atomic E-state index is 10.2. The number of hydrogen-bond donors (Lipinski definition) is 2. The fourth-order valence-corrected chi connectivity index (χ4v) is 0.911. The first-order valence-corrected chi connectivity index (χ1v) is 3.84. The van der Waals surface area contributed by atoms with E-state index in [0.717, 1.165) is 4.52 Å². The second-order valence-corrected chi connectivity index (χ2v) is 2.50. The van der Waals surface area contributed by atoms with Crippen LogP contribution in [0.25, 0.3) is 5.78 Å². The van der Waals surface area contributed by atoms with Crippen LogP contribution >= 0.6 is 0 Å². The number of hydrazine groups is 2. The van der Waals surface area contributed by atoms with Crippen molar-refractivity contribution in [3.8, 4) is 0 Å². The van der Waals surface area contributed by atoms with Crippen molar-refractivity contribution in [2.24, 2.45) is 0 Å². The molecule has 0 spiro atoms. The molecule has 0 saturated heterocycles. The topological polar surface area (TPSA) is 179 Å². The smallest absolute Gasteiger partial charge is 0.234 e. The maximum absolute atomic E-state index is 10.2. The number of rotatable bonds is 4. The molecule has 14 nitrogen and oxygen atoms in total. The Morgan fingerprint density at radius 3 is 2.29 bits per heavy atom. The standard InChI is InChI=1S/C3H2N10O4/c14-12(15)9-1-4-5-2-6-7-3(10-13(16)17)11(2)8-1/h(H,7,10)(H,8,9). The fourth-order valence-electron chi connectivity index (χ4n) is 0.911. The molecule has 2 N–H and O–H groups in total. The largest absolute Gasteiger partial charge is 0.321 e. The van der Waals surface area contributed by atoms with Gasteiger partial charge in [-0.05, 0) is 0 Å². The van der Waals surface area contributed by atoms with Gasteiger partial charge in [-0.3, -0.25) is 0 Å². The molecule has 14 heteroatoms. The average molecular weight is 242 g/mol. The molecular formula is C3H2N10O4. The van der Waals surface area contributed by atoms with Gasteiger partial charge in [-0.2, -0.15) is 4.52 Å². The Balaban J connectivity index is 2.42. The summed E-state index contributed by atoms with van der Waals surface area (Å²) in [6.07, 6.45) is 0. The van der Waals surface area contributed by atoms with Gasteiger partial charge in [-0.1, -0.05) is 10.9 Å². The molecule has 0 saturated carbocycles. The maximum Gasteiger partial charge on any atom is 0.321 e. The summed E-state index contributed by atoms with van der Waals surface area (Å²) in [5, 5.41) is 35.5. The van der Waals surface area contributed by atoms with Gasteiger partial charge in [0.2, 0.25) is 0 Å². The van der Waals surface area contributed by atoms with E-state index in [2.05, 4.69) is 25.5 Å². The van der Waals surface area contributed by atoms with E-state index in [1.807, 2.05) is 0 Å². The molecule has 2 heterocycles. The Morgan fingerprint density at radius 2 is 1.65 bits per heavy atom. The Hall–Kier alpha value is -3.19. The highest BCUT2D eigenvalue weighted by molar-refractivity contribution is 5.35. The summed E-state index contributed by atoms with van der Waals surface area (Å²) in [5.74, 6) is -0.969. The van der Waals surface area contributed by atoms with Crippen LogP contribution in [0.15, 0.2) is 0 Å². The lowest BCUT2D eigenvalue weighted by atomic mass is 11.0. The third-order valence-electron chi connectivity index (χ3n) is 1.44. The zero-order valence-electron chi connectivity index (χ0n) is 7.71. The van der Waals surface area contributed by atoms with Crippen molar-refractivity contribution in [2.45, 2.75) is 0 Å². The molecule has 0 bridgehead atoms. The summed E-state index contributed by atoms with van der Waals surface area (Å²) < 4.78 is 0.793. The van der Waals surface area contributed by atoms with E-state index in [-0.39, 0.29) is 11.7 Å². The molecule has 0 fully saturated rings. The zero-order valence-corrected chi connectivity index (χ0v) is 7.71. The minimum Gasteiger partial charge on any atom is -0.234 e. The first-order chi connectivity index (χ1) is 8.06. The van der Waals surface area contributed by atoms with Crippen LogP contribution in [-0.2, 0) is 0 Å². The van der Waals surface area contributed by atoms with E-state index in [0.29, 0.717) is 0 Å². The lowest BCUT2D eigenvalue weighted by Gasteiger charge is -1.96. The fraction of sp³-hybridized carbons (Fsp3) is 0. The third-order valence-corrected chi connectivity index (χ3v) is 1.44. The quantitative estimate of drug-likeness (QED) is 0.452. The van der Waals surface area contributed by atoms with Crippen LogP contribution in [-0.4, -0.2) is 40.1 Å². The van der Waals surface area contributed by atoms with Gasteiger partial charge in [0.1, 0.15) is 0 Å². The van der Waals surface area contributed by atoms with Crippen LogP contribution in [0.5, 0.6) is 0 Å². The van der Waals surface area contributed by atoms with Gasteiger partial charge in [-0.15, -0.1) is 25.5 Å². The lowest BCUT2D eigenvalue weighted by molar-refractivity contribution is -0.446. The van der Waals surface area contributed by atoms with Crippen molar-refractivity contribution in [3.63, 3.8) is 0 Å². The minimum absolute atomic E-state index is 0.150. The molecule has 17 heavy (non-hydrogen) atoms. The van der Waals surface area contributed by atoms with Crippen LogP contribution < -0.4 is 10.9 Å². The van der Waals surface area contributed by atoms with E-state index in [9.17, 15) is 20.2 Å². The van der Waals surface area contributed by atoms with Gasteiger partial charge in [0.15, 0.2) is 10.1 Å². The number of anilines is 2. The molecule has 2 aromatic heterocycles. The van der Waals surface area contributed by atoms with E-state index in [4.69, 9.17) is 0 Å². The SMILES string of the molecule is O=[N+]([O-])Nc1nnc2nnc(N[N+](=O)[O-])n2n1.